The van der Waals surface area contributed by atoms with E-state index in [0.29, 0.717) is 16.7 Å². The minimum atomic E-state index is -0.510. The molecule has 0 saturated heterocycles. The molecule has 0 bridgehead atoms. The van der Waals surface area contributed by atoms with Gasteiger partial charge in [0.25, 0.3) is 0 Å². The highest BCUT2D eigenvalue weighted by atomic mass is 35.5. The summed E-state index contributed by atoms with van der Waals surface area (Å²) in [5, 5.41) is 0.662. The van der Waals surface area contributed by atoms with Crippen molar-refractivity contribution in [3.63, 3.8) is 0 Å². The fourth-order valence-corrected chi connectivity index (χ4v) is 2.37. The van der Waals surface area contributed by atoms with E-state index in [1.807, 2.05) is 48.5 Å². The minimum absolute atomic E-state index is 0.158. The molecule has 0 amide bonds. The summed E-state index contributed by atoms with van der Waals surface area (Å²) in [6.45, 7) is 2.02. The van der Waals surface area contributed by atoms with E-state index in [9.17, 15) is 4.79 Å². The Balaban J connectivity index is 1.96. The normalized spacial score (nSPS) is 11.0. The number of hydrogen-bond donors (Lipinski definition) is 0. The van der Waals surface area contributed by atoms with Gasteiger partial charge in [0, 0.05) is 10.6 Å². The van der Waals surface area contributed by atoms with Crippen LogP contribution in [0, 0.1) is 0 Å². The van der Waals surface area contributed by atoms with Crippen molar-refractivity contribution in [1.29, 1.82) is 0 Å². The first kappa shape index (κ1) is 17.0. The lowest BCUT2D eigenvalue weighted by Gasteiger charge is -1.98. The first-order valence-corrected chi connectivity index (χ1v) is 8.22. The van der Waals surface area contributed by atoms with E-state index in [1.54, 1.807) is 25.1 Å². The molecular weight excluding hydrogens is 338 g/mol. The smallest absolute Gasteiger partial charge is 0.360 e. The SMILES string of the molecule is CCOC(=O)c1nc(-c2ccccc2)oc1/C=C/c1ccc(Cl)cc1. The van der Waals surface area contributed by atoms with Gasteiger partial charge in [0.05, 0.1) is 6.61 Å². The number of esters is 1. The lowest BCUT2D eigenvalue weighted by atomic mass is 10.2. The maximum absolute atomic E-state index is 12.2. The highest BCUT2D eigenvalue weighted by Gasteiger charge is 2.20. The van der Waals surface area contributed by atoms with Gasteiger partial charge in [0.1, 0.15) is 0 Å². The fraction of sp³-hybridized carbons (Fsp3) is 0.100. The molecule has 0 saturated carbocycles. The molecule has 0 aliphatic rings. The Hall–Kier alpha value is -2.85. The van der Waals surface area contributed by atoms with Crippen molar-refractivity contribution in [3.8, 4) is 11.5 Å². The molecular formula is C20H16ClNO3. The van der Waals surface area contributed by atoms with Crippen LogP contribution < -0.4 is 0 Å². The monoisotopic (exact) mass is 353 g/mol. The Kier molecular flexibility index (Phi) is 5.31. The van der Waals surface area contributed by atoms with Crippen LogP contribution in [0.3, 0.4) is 0 Å². The summed E-state index contributed by atoms with van der Waals surface area (Å²) in [6.07, 6.45) is 3.53. The van der Waals surface area contributed by atoms with Crippen LogP contribution in [0.15, 0.2) is 59.0 Å². The molecule has 0 aliphatic carbocycles. The second-order valence-corrected chi connectivity index (χ2v) is 5.64. The van der Waals surface area contributed by atoms with Crippen LogP contribution in [0.1, 0.15) is 28.7 Å². The molecule has 0 fully saturated rings. The average molecular weight is 354 g/mol. The maximum Gasteiger partial charge on any atom is 0.360 e. The Bertz CT molecular complexity index is 883. The average Bonchev–Trinajstić information content (AvgIpc) is 3.07. The summed E-state index contributed by atoms with van der Waals surface area (Å²) < 4.78 is 10.9. The first-order valence-electron chi connectivity index (χ1n) is 7.84. The van der Waals surface area contributed by atoms with Crippen LogP contribution in [0.2, 0.25) is 5.02 Å². The topological polar surface area (TPSA) is 52.3 Å². The third-order valence-electron chi connectivity index (χ3n) is 3.44. The van der Waals surface area contributed by atoms with E-state index in [4.69, 9.17) is 20.8 Å². The van der Waals surface area contributed by atoms with Crippen molar-refractivity contribution in [3.05, 3.63) is 76.6 Å². The summed E-state index contributed by atoms with van der Waals surface area (Å²) >= 11 is 5.89. The van der Waals surface area contributed by atoms with Crippen molar-refractivity contribution < 1.29 is 13.9 Å². The lowest BCUT2D eigenvalue weighted by molar-refractivity contribution is 0.0519. The van der Waals surface area contributed by atoms with Crippen molar-refractivity contribution >= 4 is 29.7 Å². The summed E-state index contributed by atoms with van der Waals surface area (Å²) in [5.74, 6) is 0.218. The van der Waals surface area contributed by atoms with Gasteiger partial charge in [-0.3, -0.25) is 0 Å². The van der Waals surface area contributed by atoms with E-state index in [-0.39, 0.29) is 12.3 Å². The van der Waals surface area contributed by atoms with Crippen molar-refractivity contribution in [2.24, 2.45) is 0 Å². The molecule has 1 aromatic heterocycles. The molecule has 1 heterocycles. The molecule has 2 aromatic carbocycles. The standard InChI is InChI=1S/C20H16ClNO3/c1-2-24-20(23)18-17(13-10-14-8-11-16(21)12-9-14)25-19(22-18)15-6-4-3-5-7-15/h3-13H,2H2,1H3/b13-10+. The number of ether oxygens (including phenoxy) is 1. The second kappa shape index (κ2) is 7.81. The minimum Gasteiger partial charge on any atom is -0.461 e. The van der Waals surface area contributed by atoms with E-state index in [0.717, 1.165) is 11.1 Å². The Labute approximate surface area is 150 Å². The van der Waals surface area contributed by atoms with Gasteiger partial charge in [-0.1, -0.05) is 48.0 Å². The largest absolute Gasteiger partial charge is 0.461 e. The van der Waals surface area contributed by atoms with Gasteiger partial charge in [-0.05, 0) is 42.8 Å². The molecule has 126 valence electrons. The van der Waals surface area contributed by atoms with E-state index in [2.05, 4.69) is 4.98 Å². The van der Waals surface area contributed by atoms with Gasteiger partial charge in [-0.15, -0.1) is 0 Å². The second-order valence-electron chi connectivity index (χ2n) is 5.20. The van der Waals surface area contributed by atoms with Gasteiger partial charge >= 0.3 is 5.97 Å². The molecule has 3 aromatic rings. The van der Waals surface area contributed by atoms with Gasteiger partial charge in [-0.2, -0.15) is 0 Å². The summed E-state index contributed by atoms with van der Waals surface area (Å²) in [5.41, 5.74) is 1.88. The zero-order chi connectivity index (χ0) is 17.6. The van der Waals surface area contributed by atoms with Gasteiger partial charge in [0.2, 0.25) is 5.89 Å². The number of carbonyl (C=O) groups is 1. The molecule has 4 nitrogen and oxygen atoms in total. The predicted octanol–water partition coefficient (Wildman–Crippen LogP) is 5.34. The van der Waals surface area contributed by atoms with Gasteiger partial charge in [-0.25, -0.2) is 9.78 Å². The zero-order valence-corrected chi connectivity index (χ0v) is 14.4. The van der Waals surface area contributed by atoms with Gasteiger partial charge < -0.3 is 9.15 Å². The van der Waals surface area contributed by atoms with Crippen molar-refractivity contribution in [1.82, 2.24) is 4.98 Å². The first-order chi connectivity index (χ1) is 12.2. The van der Waals surface area contributed by atoms with Crippen LogP contribution >= 0.6 is 11.6 Å². The number of hydrogen-bond acceptors (Lipinski definition) is 4. The number of halogens is 1. The molecule has 0 unspecified atom stereocenters. The van der Waals surface area contributed by atoms with E-state index >= 15 is 0 Å². The molecule has 0 radical (unpaired) electrons. The predicted molar refractivity (Wildman–Crippen MR) is 98.3 cm³/mol. The molecule has 25 heavy (non-hydrogen) atoms. The molecule has 0 aliphatic heterocycles. The van der Waals surface area contributed by atoms with E-state index in [1.165, 1.54) is 0 Å². The molecule has 0 N–H and O–H groups in total. The molecule has 0 spiro atoms. The van der Waals surface area contributed by atoms with Crippen LogP contribution in [0.4, 0.5) is 0 Å². The van der Waals surface area contributed by atoms with Crippen LogP contribution in [-0.4, -0.2) is 17.6 Å². The van der Waals surface area contributed by atoms with Crippen LogP contribution in [0.5, 0.6) is 0 Å². The maximum atomic E-state index is 12.2. The summed E-state index contributed by atoms with van der Waals surface area (Å²) in [6, 6.07) is 16.7. The number of rotatable bonds is 5. The van der Waals surface area contributed by atoms with Crippen LogP contribution in [0.25, 0.3) is 23.6 Å². The van der Waals surface area contributed by atoms with Crippen molar-refractivity contribution in [2.75, 3.05) is 6.61 Å². The molecule has 3 rings (SSSR count). The number of benzene rings is 2. The third kappa shape index (κ3) is 4.17. The highest BCUT2D eigenvalue weighted by molar-refractivity contribution is 6.30. The molecule has 5 heteroatoms. The number of nitrogens with zero attached hydrogens (tertiary/aromatic N) is 1. The fourth-order valence-electron chi connectivity index (χ4n) is 2.24. The highest BCUT2D eigenvalue weighted by Crippen LogP contribution is 2.24. The van der Waals surface area contributed by atoms with Crippen LogP contribution in [-0.2, 0) is 4.74 Å². The number of carbonyl (C=O) groups excluding carboxylic acids is 1. The Morgan fingerprint density at radius 2 is 1.84 bits per heavy atom. The third-order valence-corrected chi connectivity index (χ3v) is 3.69. The lowest BCUT2D eigenvalue weighted by Crippen LogP contribution is -2.06. The zero-order valence-electron chi connectivity index (χ0n) is 13.6. The number of aromatic nitrogens is 1. The van der Waals surface area contributed by atoms with Crippen molar-refractivity contribution in [2.45, 2.75) is 6.92 Å². The summed E-state index contributed by atoms with van der Waals surface area (Å²) in [7, 11) is 0. The Morgan fingerprint density at radius 3 is 2.52 bits per heavy atom. The number of oxazole rings is 1. The summed E-state index contributed by atoms with van der Waals surface area (Å²) in [4.78, 5) is 16.5. The Morgan fingerprint density at radius 1 is 1.12 bits per heavy atom. The molecule has 0 atom stereocenters. The van der Waals surface area contributed by atoms with Gasteiger partial charge in [0.15, 0.2) is 11.5 Å². The van der Waals surface area contributed by atoms with E-state index < -0.39 is 5.97 Å². The quantitative estimate of drug-likeness (QED) is 0.581.